The van der Waals surface area contributed by atoms with Gasteiger partial charge in [-0.3, -0.25) is 29.8 Å². The number of primary amides is 1. The molecule has 0 bridgehead atoms. The highest BCUT2D eigenvalue weighted by Gasteiger charge is 2.18. The summed E-state index contributed by atoms with van der Waals surface area (Å²) in [6, 6.07) is 6.39. The molecule has 0 aliphatic carbocycles. The van der Waals surface area contributed by atoms with Crippen LogP contribution in [0.1, 0.15) is 27.1 Å². The third-order valence-corrected chi connectivity index (χ3v) is 6.52. The molecule has 0 fully saturated rings. The molecule has 4 rings (SSSR count). The molecule has 0 aliphatic heterocycles. The smallest absolute Gasteiger partial charge is 0.248 e. The number of carbonyl (C=O) groups is 4. The minimum atomic E-state index is -0.637. The van der Waals surface area contributed by atoms with Gasteiger partial charge in [0.1, 0.15) is 17.6 Å². The molecule has 14 nitrogen and oxygen atoms in total. The number of nitrogens with two attached hydrogens (primary N) is 2. The minimum Gasteiger partial charge on any atom is -0.491 e. The first-order chi connectivity index (χ1) is 20.4. The third kappa shape index (κ3) is 7.18. The van der Waals surface area contributed by atoms with Crippen molar-refractivity contribution < 1.29 is 28.7 Å². The van der Waals surface area contributed by atoms with Crippen molar-refractivity contribution in [3.8, 4) is 5.75 Å². The van der Waals surface area contributed by atoms with Gasteiger partial charge < -0.3 is 30.1 Å². The lowest BCUT2D eigenvalue weighted by Crippen LogP contribution is -2.12. The molecule has 42 heavy (non-hydrogen) atoms. The van der Waals surface area contributed by atoms with E-state index in [1.807, 2.05) is 12.2 Å². The molecule has 2 heterocycles. The van der Waals surface area contributed by atoms with Crippen molar-refractivity contribution in [3.05, 3.63) is 52.0 Å². The quantitative estimate of drug-likeness (QED) is 0.0854. The van der Waals surface area contributed by atoms with E-state index in [0.29, 0.717) is 82.8 Å². The molecule has 2 aromatic heterocycles. The number of aldehydes is 1. The lowest BCUT2D eigenvalue weighted by atomic mass is 10.1. The van der Waals surface area contributed by atoms with Gasteiger partial charge in [-0.2, -0.15) is 0 Å². The molecule has 0 saturated carbocycles. The fourth-order valence-electron chi connectivity index (χ4n) is 4.21. The van der Waals surface area contributed by atoms with E-state index in [0.717, 1.165) is 6.29 Å². The molecule has 6 N–H and O–H groups in total. The Balaban J connectivity index is 0.00000237. The summed E-state index contributed by atoms with van der Waals surface area (Å²) in [5.41, 5.74) is 12.9. The molecule has 0 spiro atoms. The van der Waals surface area contributed by atoms with Gasteiger partial charge in [-0.1, -0.05) is 12.2 Å². The molecule has 2 aromatic carbocycles. The van der Waals surface area contributed by atoms with E-state index in [1.54, 1.807) is 34.4 Å². The first-order valence-corrected chi connectivity index (χ1v) is 13.4. The number of imidazole rings is 2. The van der Waals surface area contributed by atoms with Crippen LogP contribution in [0.4, 0.5) is 11.9 Å². The van der Waals surface area contributed by atoms with Gasteiger partial charge in [0.15, 0.2) is 0 Å². The number of methoxy groups -OCH3 is 1. The normalized spacial score (nSPS) is 10.9. The summed E-state index contributed by atoms with van der Waals surface area (Å²) >= 11 is 3.48. The summed E-state index contributed by atoms with van der Waals surface area (Å²) in [5.74, 6) is 0.302. The van der Waals surface area contributed by atoms with E-state index in [4.69, 9.17) is 15.2 Å². The predicted molar refractivity (Wildman–Crippen MR) is 162 cm³/mol. The second-order valence-corrected chi connectivity index (χ2v) is 9.33. The Labute approximate surface area is 249 Å². The largest absolute Gasteiger partial charge is 0.491 e. The summed E-state index contributed by atoms with van der Waals surface area (Å²) in [5, 5.41) is 5.17. The summed E-state index contributed by atoms with van der Waals surface area (Å²) < 4.78 is 15.2. The van der Waals surface area contributed by atoms with Crippen LogP contribution in [0, 0.1) is 0 Å². The fourth-order valence-corrected chi connectivity index (χ4v) is 4.90. The predicted octanol–water partition coefficient (Wildman–Crippen LogP) is 2.44. The standard InChI is InChI=1S/C26H26BrN7O6.CH5N/c1-39-7-4-8-40-21-12-17(24(28)38)11-20-23(21)34(26(32-20)30-15-37)6-3-2-5-33-22-18(27)9-16(13-35)10-19(22)31-25(33)29-14-36;1-2/h2-3,9-15H,4-8H2,1H3,(H2,28,38)(H,29,31,36)(H,30,32,37);2H2,1H3/b3-2+;. The van der Waals surface area contributed by atoms with Gasteiger partial charge in [0.2, 0.25) is 30.6 Å². The summed E-state index contributed by atoms with van der Waals surface area (Å²) in [6.45, 7) is 1.41. The first kappa shape index (κ1) is 31.9. The maximum Gasteiger partial charge on any atom is 0.248 e. The number of carbonyl (C=O) groups excluding carboxylic acids is 4. The van der Waals surface area contributed by atoms with Crippen molar-refractivity contribution in [2.45, 2.75) is 19.5 Å². The number of aromatic nitrogens is 4. The number of amides is 3. The number of allylic oxidation sites excluding steroid dienone is 2. The van der Waals surface area contributed by atoms with Crippen molar-refractivity contribution in [2.24, 2.45) is 11.5 Å². The Morgan fingerprint density at radius 2 is 1.52 bits per heavy atom. The number of ether oxygens (including phenoxy) is 2. The molecule has 0 aliphatic rings. The number of anilines is 2. The molecular weight excluding hydrogens is 612 g/mol. The Hall–Kier alpha value is -4.60. The van der Waals surface area contributed by atoms with Crippen LogP contribution in [0.2, 0.25) is 0 Å². The Bertz CT molecular complexity index is 1610. The van der Waals surface area contributed by atoms with Gasteiger partial charge in [-0.05, 0) is 47.2 Å². The fraction of sp³-hybridized carbons (Fsp3) is 0.259. The highest BCUT2D eigenvalue weighted by Crippen LogP contribution is 2.31. The lowest BCUT2D eigenvalue weighted by molar-refractivity contribution is -0.106. The third-order valence-electron chi connectivity index (χ3n) is 5.91. The molecule has 0 radical (unpaired) electrons. The molecule has 0 unspecified atom stereocenters. The number of nitrogens with one attached hydrogen (secondary N) is 2. The van der Waals surface area contributed by atoms with Gasteiger partial charge in [-0.15, -0.1) is 0 Å². The van der Waals surface area contributed by atoms with Crippen LogP contribution >= 0.6 is 15.9 Å². The van der Waals surface area contributed by atoms with Crippen LogP contribution < -0.4 is 26.8 Å². The molecule has 3 amide bonds. The lowest BCUT2D eigenvalue weighted by Gasteiger charge is -2.12. The first-order valence-electron chi connectivity index (χ1n) is 12.7. The second kappa shape index (κ2) is 15.4. The van der Waals surface area contributed by atoms with Crippen molar-refractivity contribution in [2.75, 3.05) is 38.0 Å². The Morgan fingerprint density at radius 3 is 2.07 bits per heavy atom. The van der Waals surface area contributed by atoms with Crippen LogP contribution in [0.3, 0.4) is 0 Å². The van der Waals surface area contributed by atoms with Crippen LogP contribution in [0.25, 0.3) is 22.1 Å². The van der Waals surface area contributed by atoms with Crippen molar-refractivity contribution in [1.82, 2.24) is 19.1 Å². The zero-order valence-electron chi connectivity index (χ0n) is 23.0. The molecule has 222 valence electrons. The number of hydrogen-bond acceptors (Lipinski definition) is 9. The molecule has 15 heteroatoms. The number of nitrogens with zero attached hydrogens (tertiary/aromatic N) is 4. The van der Waals surface area contributed by atoms with Gasteiger partial charge in [0.25, 0.3) is 0 Å². The zero-order valence-corrected chi connectivity index (χ0v) is 24.6. The van der Waals surface area contributed by atoms with Crippen molar-refractivity contribution in [3.63, 3.8) is 0 Å². The molecule has 4 aromatic rings. The average molecular weight is 643 g/mol. The van der Waals surface area contributed by atoms with E-state index in [1.165, 1.54) is 13.1 Å². The number of hydrogen-bond donors (Lipinski definition) is 4. The van der Waals surface area contributed by atoms with Gasteiger partial charge in [0, 0.05) is 48.8 Å². The van der Waals surface area contributed by atoms with E-state index in [2.05, 4.69) is 42.3 Å². The van der Waals surface area contributed by atoms with E-state index < -0.39 is 5.91 Å². The summed E-state index contributed by atoms with van der Waals surface area (Å²) in [4.78, 5) is 54.6. The maximum atomic E-state index is 11.9. The van der Waals surface area contributed by atoms with Gasteiger partial charge in [0.05, 0.1) is 23.2 Å². The minimum absolute atomic E-state index is 0.220. The van der Waals surface area contributed by atoms with Crippen molar-refractivity contribution in [1.29, 1.82) is 0 Å². The average Bonchev–Trinajstić information content (AvgIpc) is 3.52. The van der Waals surface area contributed by atoms with E-state index >= 15 is 0 Å². The Kier molecular flexibility index (Phi) is 11.7. The van der Waals surface area contributed by atoms with Crippen LogP contribution in [-0.2, 0) is 27.4 Å². The summed E-state index contributed by atoms with van der Waals surface area (Å²) in [7, 11) is 3.09. The molecular formula is C27H31BrN8O6. The highest BCUT2D eigenvalue weighted by molar-refractivity contribution is 9.10. The maximum absolute atomic E-state index is 11.9. The van der Waals surface area contributed by atoms with E-state index in [9.17, 15) is 19.2 Å². The Morgan fingerprint density at radius 1 is 0.929 bits per heavy atom. The van der Waals surface area contributed by atoms with Gasteiger partial charge >= 0.3 is 0 Å². The molecule has 0 atom stereocenters. The second-order valence-electron chi connectivity index (χ2n) is 8.48. The number of benzene rings is 2. The monoisotopic (exact) mass is 642 g/mol. The van der Waals surface area contributed by atoms with Crippen LogP contribution in [-0.4, -0.2) is 71.5 Å². The highest BCUT2D eigenvalue weighted by atomic mass is 79.9. The van der Waals surface area contributed by atoms with Crippen LogP contribution in [0.15, 0.2) is 40.9 Å². The SMILES string of the molecule is CN.COCCCOc1cc(C(N)=O)cc2nc(NC=O)n(C/C=C/Cn3c(NC=O)nc4cc(C=O)cc(Br)c43)c12. The molecule has 0 saturated heterocycles. The number of halogens is 1. The number of fused-ring (bicyclic) bond motifs is 2. The van der Waals surface area contributed by atoms with Crippen molar-refractivity contribution >= 4 is 74.9 Å². The number of rotatable bonds is 15. The topological polar surface area (TPSA) is 198 Å². The van der Waals surface area contributed by atoms with Gasteiger partial charge in [-0.25, -0.2) is 9.97 Å². The summed E-state index contributed by atoms with van der Waals surface area (Å²) in [6.07, 6.45) is 6.07. The van der Waals surface area contributed by atoms with E-state index in [-0.39, 0.29) is 18.1 Å². The van der Waals surface area contributed by atoms with Crippen LogP contribution in [0.5, 0.6) is 5.75 Å². The zero-order chi connectivity index (χ0) is 30.6.